The van der Waals surface area contributed by atoms with Gasteiger partial charge in [-0.25, -0.2) is 0 Å². The van der Waals surface area contributed by atoms with Crippen molar-refractivity contribution >= 4 is 34.2 Å². The van der Waals surface area contributed by atoms with E-state index in [0.29, 0.717) is 23.6 Å². The molecule has 0 bridgehead atoms. The zero-order chi connectivity index (χ0) is 17.0. The molecule has 24 heavy (non-hydrogen) atoms. The van der Waals surface area contributed by atoms with E-state index < -0.39 is 0 Å². The quantitative estimate of drug-likeness (QED) is 0.670. The number of hydrogen-bond acceptors (Lipinski definition) is 4. The molecule has 124 valence electrons. The molecule has 3 heterocycles. The van der Waals surface area contributed by atoms with E-state index in [-0.39, 0.29) is 23.9 Å². The summed E-state index contributed by atoms with van der Waals surface area (Å²) < 4.78 is 8.14. The summed E-state index contributed by atoms with van der Waals surface area (Å²) >= 11 is 2.28. The number of nitrogens with zero attached hydrogens (tertiary/aromatic N) is 1. The van der Waals surface area contributed by atoms with Gasteiger partial charge in [-0.05, 0) is 46.7 Å². The Hall–Kier alpha value is -1.87. The Labute approximate surface area is 152 Å². The third kappa shape index (κ3) is 2.26. The lowest BCUT2D eigenvalue weighted by atomic mass is 9.80. The molecule has 4 rings (SSSR count). The van der Waals surface area contributed by atoms with Crippen LogP contribution >= 0.6 is 22.6 Å². The maximum atomic E-state index is 12.5. The summed E-state index contributed by atoms with van der Waals surface area (Å²) in [6, 6.07) is 6.08. The van der Waals surface area contributed by atoms with Crippen molar-refractivity contribution in [1.29, 1.82) is 0 Å². The molecule has 2 aliphatic rings. The van der Waals surface area contributed by atoms with E-state index in [9.17, 15) is 9.59 Å². The molecule has 2 aliphatic heterocycles. The zero-order valence-electron chi connectivity index (χ0n) is 13.3. The van der Waals surface area contributed by atoms with Crippen molar-refractivity contribution in [3.05, 3.63) is 60.1 Å². The topological polar surface area (TPSA) is 76.1 Å². The van der Waals surface area contributed by atoms with Crippen LogP contribution in [-0.2, 0) is 16.6 Å². The summed E-state index contributed by atoms with van der Waals surface area (Å²) in [6.45, 7) is 2.44. The van der Waals surface area contributed by atoms with Gasteiger partial charge in [-0.1, -0.05) is 12.1 Å². The number of aromatic nitrogens is 2. The molecular weight excluding hydrogens is 421 g/mol. The Balaban J connectivity index is 2.00. The highest BCUT2D eigenvalue weighted by Gasteiger charge is 2.38. The first-order chi connectivity index (χ1) is 11.5. The maximum Gasteiger partial charge on any atom is 0.270 e. The van der Waals surface area contributed by atoms with Gasteiger partial charge in [-0.15, -0.1) is 0 Å². The van der Waals surface area contributed by atoms with Crippen LogP contribution < -0.4 is 10.9 Å². The molecule has 2 aromatic rings. The van der Waals surface area contributed by atoms with Gasteiger partial charge in [0.2, 0.25) is 0 Å². The van der Waals surface area contributed by atoms with Crippen molar-refractivity contribution in [1.82, 2.24) is 9.78 Å². The van der Waals surface area contributed by atoms with Crippen LogP contribution in [0.4, 0.5) is 5.82 Å². The van der Waals surface area contributed by atoms with Gasteiger partial charge in [0.05, 0.1) is 17.9 Å². The second kappa shape index (κ2) is 5.59. The molecule has 1 aromatic carbocycles. The van der Waals surface area contributed by atoms with Crippen LogP contribution in [0.5, 0.6) is 0 Å². The minimum atomic E-state index is -0.369. The summed E-state index contributed by atoms with van der Waals surface area (Å²) in [6.07, 6.45) is 0. The largest absolute Gasteiger partial charge is 0.367 e. The van der Waals surface area contributed by atoms with Crippen LogP contribution in [0.15, 0.2) is 34.3 Å². The molecule has 0 amide bonds. The molecular formula is C17H16IN3O3. The molecule has 6 nitrogen and oxygen atoms in total. The molecule has 0 radical (unpaired) electrons. The molecule has 0 saturated heterocycles. The molecule has 1 unspecified atom stereocenters. The number of Topliss-reactive ketones (excluding diaryl/α,β-unsaturated/α-hetero) is 1. The van der Waals surface area contributed by atoms with Crippen molar-refractivity contribution in [3.8, 4) is 0 Å². The molecule has 2 N–H and O–H groups in total. The Kier molecular flexibility index (Phi) is 3.65. The van der Waals surface area contributed by atoms with Crippen LogP contribution in [0.25, 0.3) is 0 Å². The van der Waals surface area contributed by atoms with Gasteiger partial charge < -0.3 is 10.1 Å². The number of halogens is 1. The third-order valence-corrected chi connectivity index (χ3v) is 5.75. The van der Waals surface area contributed by atoms with E-state index in [1.165, 1.54) is 5.56 Å². The van der Waals surface area contributed by atoms with Crippen molar-refractivity contribution in [2.45, 2.75) is 12.8 Å². The smallest absolute Gasteiger partial charge is 0.270 e. The Bertz CT molecular complexity index is 954. The minimum Gasteiger partial charge on any atom is -0.367 e. The summed E-state index contributed by atoms with van der Waals surface area (Å²) in [5, 5.41) is 5.99. The van der Waals surface area contributed by atoms with Gasteiger partial charge in [-0.3, -0.25) is 19.4 Å². The van der Waals surface area contributed by atoms with Gasteiger partial charge in [0.25, 0.3) is 5.56 Å². The van der Waals surface area contributed by atoms with E-state index in [2.05, 4.69) is 39.1 Å². The van der Waals surface area contributed by atoms with Gasteiger partial charge in [-0.2, -0.15) is 0 Å². The lowest BCUT2D eigenvalue weighted by Crippen LogP contribution is -2.34. The summed E-state index contributed by atoms with van der Waals surface area (Å²) in [5.41, 5.74) is 3.92. The number of H-pyrrole nitrogens is 1. The summed E-state index contributed by atoms with van der Waals surface area (Å²) in [5.74, 6) is 0.252. The van der Waals surface area contributed by atoms with Crippen LogP contribution in [0.2, 0.25) is 0 Å². The van der Waals surface area contributed by atoms with Crippen LogP contribution in [0, 0.1) is 10.5 Å². The predicted octanol–water partition coefficient (Wildman–Crippen LogP) is 2.04. The molecule has 0 fully saturated rings. The second-order valence-electron chi connectivity index (χ2n) is 6.14. The number of nitrogens with one attached hydrogen (secondary N) is 2. The summed E-state index contributed by atoms with van der Waals surface area (Å²) in [4.78, 5) is 25.1. The number of fused-ring (bicyclic) bond motifs is 1. The van der Waals surface area contributed by atoms with Gasteiger partial charge >= 0.3 is 0 Å². The minimum absolute atomic E-state index is 0.0556. The molecule has 7 heteroatoms. The number of aryl methyl sites for hydroxylation is 2. The second-order valence-corrected chi connectivity index (χ2v) is 7.30. The number of benzene rings is 1. The monoisotopic (exact) mass is 437 g/mol. The average Bonchev–Trinajstić information content (AvgIpc) is 2.83. The van der Waals surface area contributed by atoms with E-state index >= 15 is 0 Å². The van der Waals surface area contributed by atoms with E-state index in [1.807, 2.05) is 19.1 Å². The van der Waals surface area contributed by atoms with Gasteiger partial charge in [0.15, 0.2) is 5.78 Å². The number of hydrogen-bond donors (Lipinski definition) is 2. The van der Waals surface area contributed by atoms with Crippen molar-refractivity contribution in [2.24, 2.45) is 7.05 Å². The lowest BCUT2D eigenvalue weighted by Gasteiger charge is -2.31. The highest BCUT2D eigenvalue weighted by atomic mass is 127. The number of anilines is 1. The van der Waals surface area contributed by atoms with Crippen molar-refractivity contribution in [3.63, 3.8) is 0 Å². The first-order valence-electron chi connectivity index (χ1n) is 7.63. The molecule has 1 atom stereocenters. The highest BCUT2D eigenvalue weighted by molar-refractivity contribution is 14.1. The first kappa shape index (κ1) is 15.6. The summed E-state index contributed by atoms with van der Waals surface area (Å²) in [7, 11) is 1.78. The van der Waals surface area contributed by atoms with E-state index in [1.54, 1.807) is 11.7 Å². The van der Waals surface area contributed by atoms with E-state index in [0.717, 1.165) is 14.8 Å². The zero-order valence-corrected chi connectivity index (χ0v) is 15.4. The Morgan fingerprint density at radius 1 is 1.29 bits per heavy atom. The Morgan fingerprint density at radius 3 is 2.83 bits per heavy atom. The molecule has 1 aromatic heterocycles. The normalized spacial score (nSPS) is 19.8. The van der Waals surface area contributed by atoms with Crippen molar-refractivity contribution < 1.29 is 9.53 Å². The average molecular weight is 437 g/mol. The molecule has 0 aliphatic carbocycles. The predicted molar refractivity (Wildman–Crippen MR) is 98.2 cm³/mol. The Morgan fingerprint density at radius 2 is 2.08 bits per heavy atom. The van der Waals surface area contributed by atoms with Crippen LogP contribution in [-0.4, -0.2) is 28.8 Å². The van der Waals surface area contributed by atoms with Gasteiger partial charge in [0, 0.05) is 22.1 Å². The number of carbonyl (C=O) groups excluding carboxylic acids is 1. The molecule has 0 spiro atoms. The SMILES string of the molecule is Cc1ccc(C2C3=C(COCC3=O)Nc3c2c(=O)[nH]n3C)cc1I. The standard InChI is InChI=1S/C17H16IN3O3/c1-8-3-4-9(5-10(8)18)13-14-11(6-24-7-12(14)22)19-16-15(13)17(23)20-21(16)2/h3-5,13,19H,6-7H2,1-2H3,(H,20,23). The number of rotatable bonds is 1. The highest BCUT2D eigenvalue weighted by Crippen LogP contribution is 2.41. The lowest BCUT2D eigenvalue weighted by molar-refractivity contribution is -0.121. The number of aromatic amines is 1. The number of carbonyl (C=O) groups is 1. The van der Waals surface area contributed by atoms with Crippen LogP contribution in [0.1, 0.15) is 22.6 Å². The van der Waals surface area contributed by atoms with E-state index in [4.69, 9.17) is 4.74 Å². The number of ether oxygens (including phenoxy) is 1. The first-order valence-corrected chi connectivity index (χ1v) is 8.71. The third-order valence-electron chi connectivity index (χ3n) is 4.59. The van der Waals surface area contributed by atoms with Crippen LogP contribution in [0.3, 0.4) is 0 Å². The fourth-order valence-corrected chi connectivity index (χ4v) is 3.93. The molecule has 0 saturated carbocycles. The van der Waals surface area contributed by atoms with Gasteiger partial charge in [0.1, 0.15) is 12.4 Å². The van der Waals surface area contributed by atoms with Crippen molar-refractivity contribution in [2.75, 3.05) is 18.5 Å². The fraction of sp³-hybridized carbons (Fsp3) is 0.294. The maximum absolute atomic E-state index is 12.5. The fourth-order valence-electron chi connectivity index (χ4n) is 3.39. The number of ketones is 1.